The first-order valence-electron chi connectivity index (χ1n) is 3.74. The van der Waals surface area contributed by atoms with Crippen LogP contribution in [0.1, 0.15) is 11.1 Å². The lowest BCUT2D eigenvalue weighted by molar-refractivity contribution is 1.61. The first kappa shape index (κ1) is 9.14. The van der Waals surface area contributed by atoms with E-state index in [0.29, 0.717) is 0 Å². The van der Waals surface area contributed by atoms with Gasteiger partial charge in [-0.1, -0.05) is 43.5 Å². The van der Waals surface area contributed by atoms with Gasteiger partial charge in [-0.15, -0.1) is 11.8 Å². The zero-order valence-corrected chi connectivity index (χ0v) is 8.03. The van der Waals surface area contributed by atoms with E-state index in [0.717, 1.165) is 10.5 Å². The van der Waals surface area contributed by atoms with Gasteiger partial charge in [-0.2, -0.15) is 0 Å². The zero-order valence-electron chi connectivity index (χ0n) is 7.21. The lowest BCUT2D eigenvalue weighted by Gasteiger charge is -2.05. The number of thioether (sulfide) groups is 1. The van der Waals surface area contributed by atoms with Crippen LogP contribution in [-0.2, 0) is 0 Å². The fourth-order valence-electron chi connectivity index (χ4n) is 1.04. The summed E-state index contributed by atoms with van der Waals surface area (Å²) in [4.78, 5) is 1.09. The minimum absolute atomic E-state index is 1.09. The molecular weight excluding hydrogens is 164 g/mol. The van der Waals surface area contributed by atoms with Crippen LogP contribution in [0.2, 0.25) is 0 Å². The topological polar surface area (TPSA) is 0 Å². The molecule has 0 aliphatic carbocycles. The van der Waals surface area contributed by atoms with Crippen LogP contribution in [0, 0.1) is 0 Å². The van der Waals surface area contributed by atoms with E-state index >= 15 is 0 Å². The van der Waals surface area contributed by atoms with Crippen LogP contribution >= 0.6 is 11.8 Å². The smallest absolute Gasteiger partial charge is 0.00757 e. The van der Waals surface area contributed by atoms with Crippen LogP contribution in [0.3, 0.4) is 0 Å². The third-order valence-electron chi connectivity index (χ3n) is 1.73. The third kappa shape index (κ3) is 1.80. The van der Waals surface area contributed by atoms with Crippen molar-refractivity contribution in [1.29, 1.82) is 0 Å². The monoisotopic (exact) mass is 176 g/mol. The Morgan fingerprint density at radius 3 is 2.67 bits per heavy atom. The second-order valence-corrected chi connectivity index (χ2v) is 3.32. The quantitative estimate of drug-likeness (QED) is 0.677. The molecule has 0 fully saturated rings. The normalized spacial score (nSPS) is 9.42. The summed E-state index contributed by atoms with van der Waals surface area (Å²) >= 11 is 1.67. The molecule has 62 valence electrons. The van der Waals surface area contributed by atoms with Crippen molar-refractivity contribution in [2.45, 2.75) is 0 Å². The highest BCUT2D eigenvalue weighted by Gasteiger charge is 1.99. The molecule has 1 rings (SSSR count). The van der Waals surface area contributed by atoms with Gasteiger partial charge in [0.1, 0.15) is 0 Å². The molecule has 0 bridgehead atoms. The van der Waals surface area contributed by atoms with E-state index in [1.165, 1.54) is 5.56 Å². The van der Waals surface area contributed by atoms with Crippen LogP contribution in [0.15, 0.2) is 37.4 Å². The third-order valence-corrected chi connectivity index (χ3v) is 2.44. The summed E-state index contributed by atoms with van der Waals surface area (Å²) in [6.45, 7) is 7.73. The van der Waals surface area contributed by atoms with E-state index in [1.54, 1.807) is 11.8 Å². The van der Waals surface area contributed by atoms with Crippen molar-refractivity contribution in [2.75, 3.05) is 6.26 Å². The number of hydrogen-bond donors (Lipinski definition) is 0. The molecule has 0 saturated carbocycles. The lowest BCUT2D eigenvalue weighted by Crippen LogP contribution is -1.82. The van der Waals surface area contributed by atoms with Crippen molar-refractivity contribution in [1.82, 2.24) is 0 Å². The van der Waals surface area contributed by atoms with E-state index in [4.69, 9.17) is 0 Å². The molecule has 0 aliphatic rings. The molecule has 0 spiro atoms. The number of rotatable bonds is 3. The minimum atomic E-state index is 1.09. The van der Waals surface area contributed by atoms with Gasteiger partial charge in [-0.3, -0.25) is 0 Å². The van der Waals surface area contributed by atoms with Gasteiger partial charge in [0, 0.05) is 4.91 Å². The fraction of sp³-hybridized carbons (Fsp3) is 0.0909. The van der Waals surface area contributed by atoms with Crippen molar-refractivity contribution in [2.24, 2.45) is 0 Å². The first-order chi connectivity index (χ1) is 5.79. The highest BCUT2D eigenvalue weighted by Crippen LogP contribution is 2.26. The maximum Gasteiger partial charge on any atom is 0.00757 e. The Bertz CT molecular complexity index is 300. The van der Waals surface area contributed by atoms with Gasteiger partial charge in [0.15, 0.2) is 0 Å². The van der Waals surface area contributed by atoms with Gasteiger partial charge >= 0.3 is 0 Å². The Morgan fingerprint density at radius 1 is 1.42 bits per heavy atom. The van der Waals surface area contributed by atoms with Gasteiger partial charge in [-0.05, 0) is 17.4 Å². The van der Waals surface area contributed by atoms with Crippen LogP contribution in [0.4, 0.5) is 0 Å². The Balaban J connectivity index is 3.13. The molecule has 0 saturated heterocycles. The Morgan fingerprint density at radius 2 is 2.08 bits per heavy atom. The molecule has 0 aromatic heterocycles. The van der Waals surface area contributed by atoms with Gasteiger partial charge < -0.3 is 0 Å². The zero-order chi connectivity index (χ0) is 8.97. The number of benzene rings is 1. The van der Waals surface area contributed by atoms with Crippen molar-refractivity contribution in [3.63, 3.8) is 0 Å². The summed E-state index contributed by atoms with van der Waals surface area (Å²) < 4.78 is 0. The summed E-state index contributed by atoms with van der Waals surface area (Å²) in [5.74, 6) is 0. The Labute approximate surface area is 78.0 Å². The lowest BCUT2D eigenvalue weighted by atomic mass is 10.1. The van der Waals surface area contributed by atoms with Gasteiger partial charge in [0.25, 0.3) is 0 Å². The second kappa shape index (κ2) is 4.17. The number of hydrogen-bond acceptors (Lipinski definition) is 1. The Kier molecular flexibility index (Phi) is 3.18. The van der Waals surface area contributed by atoms with Crippen LogP contribution < -0.4 is 0 Å². The molecule has 0 nitrogen and oxygen atoms in total. The van der Waals surface area contributed by atoms with E-state index in [9.17, 15) is 0 Å². The standard InChI is InChI=1S/C11H12S/c1-4-10-7-5-6-8-11(10)9(2)12-3/h4-8H,1-2H2,3H3. The van der Waals surface area contributed by atoms with Gasteiger partial charge in [-0.25, -0.2) is 0 Å². The molecule has 0 N–H and O–H groups in total. The molecule has 1 aromatic carbocycles. The maximum absolute atomic E-state index is 3.97. The summed E-state index contributed by atoms with van der Waals surface area (Å²) in [5, 5.41) is 0. The van der Waals surface area contributed by atoms with E-state index in [1.807, 2.05) is 30.5 Å². The minimum Gasteiger partial charge on any atom is -0.130 e. The Hall–Kier alpha value is -0.950. The van der Waals surface area contributed by atoms with E-state index < -0.39 is 0 Å². The summed E-state index contributed by atoms with van der Waals surface area (Å²) in [7, 11) is 0. The fourth-order valence-corrected chi connectivity index (χ4v) is 1.44. The average molecular weight is 176 g/mol. The predicted molar refractivity (Wildman–Crippen MR) is 59.1 cm³/mol. The average Bonchev–Trinajstić information content (AvgIpc) is 2.16. The predicted octanol–water partition coefficient (Wildman–Crippen LogP) is 3.66. The summed E-state index contributed by atoms with van der Waals surface area (Å²) in [5.41, 5.74) is 2.33. The summed E-state index contributed by atoms with van der Waals surface area (Å²) in [6.07, 6.45) is 3.89. The van der Waals surface area contributed by atoms with Gasteiger partial charge in [0.2, 0.25) is 0 Å². The van der Waals surface area contributed by atoms with Crippen LogP contribution in [0.5, 0.6) is 0 Å². The van der Waals surface area contributed by atoms with Gasteiger partial charge in [0.05, 0.1) is 0 Å². The SMILES string of the molecule is C=Cc1ccccc1C(=C)SC. The van der Waals surface area contributed by atoms with E-state index in [-0.39, 0.29) is 0 Å². The molecule has 0 aliphatic heterocycles. The van der Waals surface area contributed by atoms with Crippen LogP contribution in [-0.4, -0.2) is 6.26 Å². The summed E-state index contributed by atoms with van der Waals surface area (Å²) in [6, 6.07) is 8.14. The van der Waals surface area contributed by atoms with Crippen molar-refractivity contribution in [3.05, 3.63) is 48.6 Å². The van der Waals surface area contributed by atoms with E-state index in [2.05, 4.69) is 19.2 Å². The molecular formula is C11H12S. The molecule has 0 heterocycles. The highest BCUT2D eigenvalue weighted by molar-refractivity contribution is 8.07. The molecule has 1 heteroatoms. The maximum atomic E-state index is 3.97. The van der Waals surface area contributed by atoms with Crippen molar-refractivity contribution >= 4 is 22.7 Å². The molecule has 0 unspecified atom stereocenters. The molecule has 0 radical (unpaired) electrons. The molecule has 1 aromatic rings. The largest absolute Gasteiger partial charge is 0.130 e. The highest BCUT2D eigenvalue weighted by atomic mass is 32.2. The van der Waals surface area contributed by atoms with Crippen molar-refractivity contribution < 1.29 is 0 Å². The van der Waals surface area contributed by atoms with Crippen LogP contribution in [0.25, 0.3) is 11.0 Å². The first-order valence-corrected chi connectivity index (χ1v) is 4.96. The second-order valence-electron chi connectivity index (χ2n) is 2.42. The molecule has 0 atom stereocenters. The molecule has 0 amide bonds. The molecule has 12 heavy (non-hydrogen) atoms. The van der Waals surface area contributed by atoms with Crippen molar-refractivity contribution in [3.8, 4) is 0 Å².